The van der Waals surface area contributed by atoms with Crippen LogP contribution in [0.5, 0.6) is 5.75 Å². The number of methoxy groups -OCH3 is 1. The highest BCUT2D eigenvalue weighted by Gasteiger charge is 2.38. The van der Waals surface area contributed by atoms with Crippen LogP contribution < -0.4 is 4.74 Å². The number of nitrogens with zero attached hydrogens (tertiary/aromatic N) is 2. The minimum Gasteiger partial charge on any atom is -0.497 e. The molecule has 1 aliphatic heterocycles. The quantitative estimate of drug-likeness (QED) is 0.596. The zero-order valence-electron chi connectivity index (χ0n) is 18.5. The van der Waals surface area contributed by atoms with Gasteiger partial charge in [-0.1, -0.05) is 29.8 Å². The number of piperidine rings is 1. The van der Waals surface area contributed by atoms with Crippen LogP contribution in [-0.4, -0.2) is 56.5 Å². The van der Waals surface area contributed by atoms with Crippen molar-refractivity contribution in [1.82, 2.24) is 9.21 Å². The first kappa shape index (κ1) is 25.0. The third kappa shape index (κ3) is 6.48. The summed E-state index contributed by atoms with van der Waals surface area (Å²) in [7, 11) is -2.23. The molecule has 180 valence electrons. The second kappa shape index (κ2) is 10.1. The lowest BCUT2D eigenvalue weighted by Crippen LogP contribution is -2.46. The number of alkyl halides is 3. The van der Waals surface area contributed by atoms with Gasteiger partial charge in [0, 0.05) is 25.6 Å². The average Bonchev–Trinajstić information content (AvgIpc) is 2.78. The number of hydrogen-bond acceptors (Lipinski definition) is 4. The van der Waals surface area contributed by atoms with E-state index in [-0.39, 0.29) is 37.4 Å². The third-order valence-corrected chi connectivity index (χ3v) is 7.59. The number of benzene rings is 2. The molecule has 1 fully saturated rings. The van der Waals surface area contributed by atoms with Crippen LogP contribution in [-0.2, 0) is 21.4 Å². The van der Waals surface area contributed by atoms with Crippen LogP contribution in [0, 0.1) is 12.8 Å². The molecule has 2 aromatic rings. The summed E-state index contributed by atoms with van der Waals surface area (Å²) < 4.78 is 71.6. The number of amides is 1. The fourth-order valence-electron chi connectivity index (χ4n) is 3.84. The average molecular weight is 485 g/mol. The highest BCUT2D eigenvalue weighted by molar-refractivity contribution is 7.89. The fraction of sp³-hybridized carbons (Fsp3) is 0.435. The van der Waals surface area contributed by atoms with E-state index in [4.69, 9.17) is 4.74 Å². The topological polar surface area (TPSA) is 66.9 Å². The van der Waals surface area contributed by atoms with E-state index in [0.29, 0.717) is 11.3 Å². The Balaban J connectivity index is 1.69. The van der Waals surface area contributed by atoms with Crippen LogP contribution in [0.1, 0.15) is 24.0 Å². The van der Waals surface area contributed by atoms with Gasteiger partial charge in [-0.25, -0.2) is 8.42 Å². The van der Waals surface area contributed by atoms with Crippen LogP contribution in [0.3, 0.4) is 0 Å². The summed E-state index contributed by atoms with van der Waals surface area (Å²) in [6.45, 7) is 0.458. The Hall–Kier alpha value is -2.59. The summed E-state index contributed by atoms with van der Waals surface area (Å²) in [4.78, 5) is 14.0. The molecule has 0 saturated carbocycles. The molecule has 6 nitrogen and oxygen atoms in total. The van der Waals surface area contributed by atoms with E-state index in [1.807, 2.05) is 6.92 Å². The van der Waals surface area contributed by atoms with E-state index in [0.717, 1.165) is 10.5 Å². The van der Waals surface area contributed by atoms with Crippen molar-refractivity contribution < 1.29 is 31.1 Å². The molecule has 2 aromatic carbocycles. The summed E-state index contributed by atoms with van der Waals surface area (Å²) in [6.07, 6.45) is -4.21. The predicted octanol–water partition coefficient (Wildman–Crippen LogP) is 4.00. The van der Waals surface area contributed by atoms with Crippen LogP contribution in [0.15, 0.2) is 53.4 Å². The molecule has 0 aromatic heterocycles. The van der Waals surface area contributed by atoms with Gasteiger partial charge in [0.1, 0.15) is 12.3 Å². The molecule has 0 aliphatic carbocycles. The maximum atomic E-state index is 13.2. The molecule has 0 spiro atoms. The third-order valence-electron chi connectivity index (χ3n) is 5.68. The first-order chi connectivity index (χ1) is 15.5. The Labute approximate surface area is 192 Å². The maximum Gasteiger partial charge on any atom is 0.406 e. The van der Waals surface area contributed by atoms with Gasteiger partial charge in [-0.05, 0) is 49.6 Å². The molecular formula is C23H27F3N2O4S. The van der Waals surface area contributed by atoms with Crippen LogP contribution in [0.25, 0.3) is 0 Å². The minimum atomic E-state index is -4.54. The van der Waals surface area contributed by atoms with Crippen LogP contribution in [0.2, 0.25) is 0 Å². The van der Waals surface area contributed by atoms with Gasteiger partial charge in [-0.15, -0.1) is 0 Å². The second-order valence-electron chi connectivity index (χ2n) is 8.15. The standard InChI is InChI=1S/C23H27F3N2O4S/c1-17-3-9-21(10-4-17)33(30,31)28-13-11-19(12-14-28)22(29)27(16-23(24,25)26)15-18-5-7-20(32-2)8-6-18/h3-10,19H,11-16H2,1-2H3. The summed E-state index contributed by atoms with van der Waals surface area (Å²) in [5, 5.41) is 0. The summed E-state index contributed by atoms with van der Waals surface area (Å²) >= 11 is 0. The monoisotopic (exact) mass is 484 g/mol. The number of rotatable bonds is 7. The zero-order valence-corrected chi connectivity index (χ0v) is 19.3. The van der Waals surface area contributed by atoms with Crippen molar-refractivity contribution in [3.8, 4) is 5.75 Å². The Bertz CT molecular complexity index is 1050. The number of halogens is 3. The van der Waals surface area contributed by atoms with Crippen LogP contribution in [0.4, 0.5) is 13.2 Å². The van der Waals surface area contributed by atoms with E-state index in [1.165, 1.54) is 23.5 Å². The Morgan fingerprint density at radius 2 is 1.64 bits per heavy atom. The van der Waals surface area contributed by atoms with Gasteiger partial charge >= 0.3 is 6.18 Å². The zero-order chi connectivity index (χ0) is 24.2. The van der Waals surface area contributed by atoms with Gasteiger partial charge in [0.2, 0.25) is 15.9 Å². The summed E-state index contributed by atoms with van der Waals surface area (Å²) in [5.41, 5.74) is 1.48. The molecule has 1 saturated heterocycles. The van der Waals surface area contributed by atoms with Crippen LogP contribution >= 0.6 is 0 Å². The number of sulfonamides is 1. The van der Waals surface area contributed by atoms with E-state index in [9.17, 15) is 26.4 Å². The van der Waals surface area contributed by atoms with Crippen molar-refractivity contribution in [3.63, 3.8) is 0 Å². The lowest BCUT2D eigenvalue weighted by molar-refractivity contribution is -0.165. The molecule has 0 radical (unpaired) electrons. The van der Waals surface area contributed by atoms with Crippen molar-refractivity contribution in [2.75, 3.05) is 26.7 Å². The lowest BCUT2D eigenvalue weighted by atomic mass is 9.96. The smallest absolute Gasteiger partial charge is 0.406 e. The van der Waals surface area contributed by atoms with E-state index in [2.05, 4.69) is 0 Å². The first-order valence-electron chi connectivity index (χ1n) is 10.5. The molecule has 0 unspecified atom stereocenters. The van der Waals surface area contributed by atoms with Gasteiger partial charge < -0.3 is 9.64 Å². The Kier molecular flexibility index (Phi) is 7.69. The SMILES string of the molecule is COc1ccc(CN(CC(F)(F)F)C(=O)C2CCN(S(=O)(=O)c3ccc(C)cc3)CC2)cc1. The molecule has 1 aliphatic rings. The molecule has 1 heterocycles. The van der Waals surface area contributed by atoms with Gasteiger partial charge in [-0.2, -0.15) is 17.5 Å². The maximum absolute atomic E-state index is 13.2. The van der Waals surface area contributed by atoms with E-state index in [1.54, 1.807) is 36.4 Å². The van der Waals surface area contributed by atoms with E-state index < -0.39 is 34.6 Å². The van der Waals surface area contributed by atoms with Crippen molar-refractivity contribution in [1.29, 1.82) is 0 Å². The molecule has 3 rings (SSSR count). The number of hydrogen-bond donors (Lipinski definition) is 0. The molecule has 33 heavy (non-hydrogen) atoms. The number of carbonyl (C=O) groups is 1. The number of carbonyl (C=O) groups excluding carboxylic acids is 1. The Morgan fingerprint density at radius 3 is 2.15 bits per heavy atom. The minimum absolute atomic E-state index is 0.0784. The molecule has 10 heteroatoms. The first-order valence-corrected chi connectivity index (χ1v) is 12.0. The fourth-order valence-corrected chi connectivity index (χ4v) is 5.31. The summed E-state index contributed by atoms with van der Waals surface area (Å²) in [5.74, 6) is -0.722. The van der Waals surface area contributed by atoms with Crippen molar-refractivity contribution in [3.05, 3.63) is 59.7 Å². The van der Waals surface area contributed by atoms with Crippen molar-refractivity contribution in [2.45, 2.75) is 37.4 Å². The number of ether oxygens (including phenoxy) is 1. The highest BCUT2D eigenvalue weighted by atomic mass is 32.2. The normalized spacial score (nSPS) is 15.9. The second-order valence-corrected chi connectivity index (χ2v) is 10.1. The highest BCUT2D eigenvalue weighted by Crippen LogP contribution is 2.28. The number of aryl methyl sites for hydroxylation is 1. The summed E-state index contributed by atoms with van der Waals surface area (Å²) in [6, 6.07) is 13.0. The van der Waals surface area contributed by atoms with Gasteiger partial charge in [0.25, 0.3) is 0 Å². The van der Waals surface area contributed by atoms with Gasteiger partial charge in [0.05, 0.1) is 12.0 Å². The molecule has 0 atom stereocenters. The van der Waals surface area contributed by atoms with Crippen molar-refractivity contribution in [2.24, 2.45) is 5.92 Å². The predicted molar refractivity (Wildman–Crippen MR) is 117 cm³/mol. The lowest BCUT2D eigenvalue weighted by Gasteiger charge is -2.34. The van der Waals surface area contributed by atoms with Gasteiger partial charge in [-0.3, -0.25) is 4.79 Å². The molecule has 0 bridgehead atoms. The largest absolute Gasteiger partial charge is 0.497 e. The molecule has 0 N–H and O–H groups in total. The molecule has 1 amide bonds. The van der Waals surface area contributed by atoms with Gasteiger partial charge in [0.15, 0.2) is 0 Å². The van der Waals surface area contributed by atoms with E-state index >= 15 is 0 Å². The Morgan fingerprint density at radius 1 is 1.06 bits per heavy atom. The van der Waals surface area contributed by atoms with Crippen molar-refractivity contribution >= 4 is 15.9 Å². The molecular weight excluding hydrogens is 457 g/mol.